The molecule has 0 saturated carbocycles. The van der Waals surface area contributed by atoms with E-state index in [1.165, 1.54) is 10.9 Å². The lowest BCUT2D eigenvalue weighted by molar-refractivity contribution is 0.0383. The number of pyridine rings is 1. The van der Waals surface area contributed by atoms with Gasteiger partial charge in [-0.25, -0.2) is 4.98 Å². The number of rotatable bonds is 4. The van der Waals surface area contributed by atoms with E-state index in [1.54, 1.807) is 19.2 Å². The van der Waals surface area contributed by atoms with Gasteiger partial charge in [0, 0.05) is 45.5 Å². The Hall–Kier alpha value is -3.40. The lowest BCUT2D eigenvalue weighted by Gasteiger charge is -2.26. The molecule has 1 saturated heterocycles. The number of nitrogens with one attached hydrogen (secondary N) is 1. The Bertz CT molecular complexity index is 959. The Labute approximate surface area is 163 Å². The maximum absolute atomic E-state index is 12.3. The van der Waals surface area contributed by atoms with E-state index in [2.05, 4.69) is 32.1 Å². The van der Waals surface area contributed by atoms with Crippen molar-refractivity contribution in [2.24, 2.45) is 7.05 Å². The van der Waals surface area contributed by atoms with Gasteiger partial charge in [-0.05, 0) is 12.0 Å². The van der Waals surface area contributed by atoms with Gasteiger partial charge in [-0.2, -0.15) is 10.4 Å². The molecular formula is C19H21N7O2. The monoisotopic (exact) mass is 379 g/mol. The third kappa shape index (κ3) is 4.86. The number of nitriles is 1. The SMILES string of the molecule is Cn1nc(C(=O)NCCN2CCOCC2)cc1C#Cc1cc(C#N)cnc1N. The van der Waals surface area contributed by atoms with E-state index < -0.39 is 0 Å². The van der Waals surface area contributed by atoms with Gasteiger partial charge < -0.3 is 15.8 Å². The number of nitrogens with two attached hydrogens (primary N) is 1. The molecule has 0 unspecified atom stereocenters. The third-order valence-electron chi connectivity index (χ3n) is 4.30. The maximum Gasteiger partial charge on any atom is 0.271 e. The first kappa shape index (κ1) is 19.4. The number of nitrogen functional groups attached to an aromatic ring is 1. The molecule has 1 aliphatic rings. The van der Waals surface area contributed by atoms with Crippen LogP contribution in [0.3, 0.4) is 0 Å². The summed E-state index contributed by atoms with van der Waals surface area (Å²) in [6.45, 7) is 4.53. The minimum Gasteiger partial charge on any atom is -0.383 e. The molecule has 1 fully saturated rings. The predicted molar refractivity (Wildman–Crippen MR) is 102 cm³/mol. The summed E-state index contributed by atoms with van der Waals surface area (Å²) in [4.78, 5) is 18.5. The number of aryl methyl sites for hydroxylation is 1. The van der Waals surface area contributed by atoms with E-state index >= 15 is 0 Å². The van der Waals surface area contributed by atoms with Crippen LogP contribution >= 0.6 is 0 Å². The number of nitrogens with zero attached hydrogens (tertiary/aromatic N) is 5. The van der Waals surface area contributed by atoms with Gasteiger partial charge in [0.05, 0.1) is 24.3 Å². The van der Waals surface area contributed by atoms with Crippen LogP contribution < -0.4 is 11.1 Å². The second-order valence-corrected chi connectivity index (χ2v) is 6.27. The second-order valence-electron chi connectivity index (χ2n) is 6.27. The Balaban J connectivity index is 1.63. The maximum atomic E-state index is 12.3. The van der Waals surface area contributed by atoms with Crippen molar-refractivity contribution in [2.75, 3.05) is 45.1 Å². The second kappa shape index (κ2) is 9.00. The molecule has 1 amide bonds. The zero-order valence-electron chi connectivity index (χ0n) is 15.6. The van der Waals surface area contributed by atoms with Crippen LogP contribution in [0, 0.1) is 23.2 Å². The summed E-state index contributed by atoms with van der Waals surface area (Å²) in [6, 6.07) is 5.19. The molecule has 0 aliphatic carbocycles. The van der Waals surface area contributed by atoms with Gasteiger partial charge in [-0.1, -0.05) is 5.92 Å². The van der Waals surface area contributed by atoms with Crippen molar-refractivity contribution in [1.82, 2.24) is 25.0 Å². The highest BCUT2D eigenvalue weighted by atomic mass is 16.5. The van der Waals surface area contributed by atoms with Gasteiger partial charge in [0.1, 0.15) is 17.6 Å². The number of hydrogen-bond acceptors (Lipinski definition) is 7. The number of hydrogen-bond donors (Lipinski definition) is 2. The summed E-state index contributed by atoms with van der Waals surface area (Å²) in [5.41, 5.74) is 7.48. The molecule has 3 N–H and O–H groups in total. The van der Waals surface area contributed by atoms with E-state index in [0.717, 1.165) is 32.8 Å². The molecule has 9 heteroatoms. The Morgan fingerprint density at radius 1 is 1.36 bits per heavy atom. The summed E-state index contributed by atoms with van der Waals surface area (Å²) in [7, 11) is 1.71. The van der Waals surface area contributed by atoms with Crippen molar-refractivity contribution in [3.63, 3.8) is 0 Å². The normalized spacial score (nSPS) is 14.0. The number of carbonyl (C=O) groups is 1. The first-order chi connectivity index (χ1) is 13.6. The average molecular weight is 379 g/mol. The minimum atomic E-state index is -0.246. The van der Waals surface area contributed by atoms with Crippen LogP contribution in [-0.2, 0) is 11.8 Å². The van der Waals surface area contributed by atoms with Crippen molar-refractivity contribution >= 4 is 11.7 Å². The van der Waals surface area contributed by atoms with Crippen LogP contribution in [0.4, 0.5) is 5.82 Å². The highest BCUT2D eigenvalue weighted by Gasteiger charge is 2.13. The number of morpholine rings is 1. The van der Waals surface area contributed by atoms with Crippen LogP contribution in [0.15, 0.2) is 18.3 Å². The average Bonchev–Trinajstić information content (AvgIpc) is 3.09. The van der Waals surface area contributed by atoms with Crippen LogP contribution in [-0.4, -0.2) is 65.0 Å². The van der Waals surface area contributed by atoms with Gasteiger partial charge in [0.25, 0.3) is 5.91 Å². The molecule has 2 aromatic heterocycles. The number of amides is 1. The molecule has 0 bridgehead atoms. The van der Waals surface area contributed by atoms with Crippen LogP contribution in [0.2, 0.25) is 0 Å². The Kier molecular flexibility index (Phi) is 6.22. The molecular weight excluding hydrogens is 358 g/mol. The summed E-state index contributed by atoms with van der Waals surface area (Å²) in [5, 5.41) is 16.0. The Morgan fingerprint density at radius 2 is 2.14 bits per heavy atom. The smallest absolute Gasteiger partial charge is 0.271 e. The third-order valence-corrected chi connectivity index (χ3v) is 4.30. The zero-order valence-corrected chi connectivity index (χ0v) is 15.6. The van der Waals surface area contributed by atoms with Crippen molar-refractivity contribution in [2.45, 2.75) is 0 Å². The first-order valence-corrected chi connectivity index (χ1v) is 8.87. The van der Waals surface area contributed by atoms with E-state index in [9.17, 15) is 4.79 Å². The van der Waals surface area contributed by atoms with E-state index in [4.69, 9.17) is 15.7 Å². The van der Waals surface area contributed by atoms with Crippen LogP contribution in [0.25, 0.3) is 0 Å². The molecule has 0 radical (unpaired) electrons. The van der Waals surface area contributed by atoms with Crippen molar-refractivity contribution in [3.8, 4) is 17.9 Å². The lowest BCUT2D eigenvalue weighted by atomic mass is 10.2. The summed E-state index contributed by atoms with van der Waals surface area (Å²) < 4.78 is 6.83. The van der Waals surface area contributed by atoms with Crippen molar-refractivity contribution in [3.05, 3.63) is 40.8 Å². The van der Waals surface area contributed by atoms with Gasteiger partial charge >= 0.3 is 0 Å². The fourth-order valence-electron chi connectivity index (χ4n) is 2.71. The largest absolute Gasteiger partial charge is 0.383 e. The number of carbonyl (C=O) groups excluding carboxylic acids is 1. The van der Waals surface area contributed by atoms with Gasteiger partial charge in [0.2, 0.25) is 0 Å². The summed E-state index contributed by atoms with van der Waals surface area (Å²) >= 11 is 0. The molecule has 1 aliphatic heterocycles. The molecule has 144 valence electrons. The number of ether oxygens (including phenoxy) is 1. The number of aromatic nitrogens is 3. The highest BCUT2D eigenvalue weighted by Crippen LogP contribution is 2.09. The highest BCUT2D eigenvalue weighted by molar-refractivity contribution is 5.92. The lowest BCUT2D eigenvalue weighted by Crippen LogP contribution is -2.41. The van der Waals surface area contributed by atoms with Crippen LogP contribution in [0.1, 0.15) is 27.3 Å². The van der Waals surface area contributed by atoms with Gasteiger partial charge in [0.15, 0.2) is 5.69 Å². The predicted octanol–water partition coefficient (Wildman–Crippen LogP) is -0.269. The zero-order chi connectivity index (χ0) is 19.9. The summed E-state index contributed by atoms with van der Waals surface area (Å²) in [5.74, 6) is 5.81. The van der Waals surface area contributed by atoms with E-state index in [0.29, 0.717) is 29.1 Å². The Morgan fingerprint density at radius 3 is 2.89 bits per heavy atom. The molecule has 3 heterocycles. The molecule has 0 atom stereocenters. The fourth-order valence-corrected chi connectivity index (χ4v) is 2.71. The fraction of sp³-hybridized carbons (Fsp3) is 0.368. The number of anilines is 1. The minimum absolute atomic E-state index is 0.245. The molecule has 2 aromatic rings. The quantitative estimate of drug-likeness (QED) is 0.701. The van der Waals surface area contributed by atoms with Crippen LogP contribution in [0.5, 0.6) is 0 Å². The van der Waals surface area contributed by atoms with Crippen molar-refractivity contribution in [1.29, 1.82) is 5.26 Å². The molecule has 0 aromatic carbocycles. The van der Waals surface area contributed by atoms with Gasteiger partial charge in [-0.3, -0.25) is 14.4 Å². The molecule has 3 rings (SSSR count). The van der Waals surface area contributed by atoms with E-state index in [1.807, 2.05) is 6.07 Å². The van der Waals surface area contributed by atoms with Gasteiger partial charge in [-0.15, -0.1) is 0 Å². The molecule has 0 spiro atoms. The summed E-state index contributed by atoms with van der Waals surface area (Å²) in [6.07, 6.45) is 1.39. The molecule has 28 heavy (non-hydrogen) atoms. The van der Waals surface area contributed by atoms with Crippen molar-refractivity contribution < 1.29 is 9.53 Å². The molecule has 9 nitrogen and oxygen atoms in total. The topological polar surface area (TPSA) is 122 Å². The standard InChI is InChI=1S/C19H21N7O2/c1-25-16(3-2-15-10-14(12-20)13-23-18(15)21)11-17(24-25)19(27)22-4-5-26-6-8-28-9-7-26/h10-11,13H,4-9H2,1H3,(H2,21,23)(H,22,27). The van der Waals surface area contributed by atoms with E-state index in [-0.39, 0.29) is 11.7 Å². The first-order valence-electron chi connectivity index (χ1n) is 8.87.